The molecule has 8 nitrogen and oxygen atoms in total. The lowest BCUT2D eigenvalue weighted by Gasteiger charge is -2.24. The number of carbonyl (C=O) groups is 1. The number of nitrogens with zero attached hydrogens (tertiary/aromatic N) is 2. The maximum Gasteiger partial charge on any atom is 0.262 e. The number of aromatic amines is 1. The van der Waals surface area contributed by atoms with Gasteiger partial charge in [0.15, 0.2) is 22.9 Å². The number of aromatic nitrogens is 3. The van der Waals surface area contributed by atoms with Crippen molar-refractivity contribution >= 4 is 22.8 Å². The SMILES string of the molecule is Cc1ccc(C2CC(=O)c3cnc4nc(NCc5ccc6c(c5)OCCCO6)[nH]c(=O)c4c3C2)cc1. The number of rotatable bonds is 4. The van der Waals surface area contributed by atoms with Crippen LogP contribution in [0.4, 0.5) is 5.95 Å². The van der Waals surface area contributed by atoms with Crippen molar-refractivity contribution < 1.29 is 14.3 Å². The van der Waals surface area contributed by atoms with Gasteiger partial charge in [-0.1, -0.05) is 35.9 Å². The molecule has 6 rings (SSSR count). The summed E-state index contributed by atoms with van der Waals surface area (Å²) < 4.78 is 11.4. The van der Waals surface area contributed by atoms with Crippen LogP contribution in [0.5, 0.6) is 11.5 Å². The van der Waals surface area contributed by atoms with E-state index in [2.05, 4.69) is 44.5 Å². The molecule has 4 aromatic rings. The zero-order valence-corrected chi connectivity index (χ0v) is 20.0. The molecule has 2 aliphatic rings. The van der Waals surface area contributed by atoms with Gasteiger partial charge in [-0.3, -0.25) is 14.6 Å². The first kappa shape index (κ1) is 22.3. The van der Waals surface area contributed by atoms with Crippen molar-refractivity contribution in [3.8, 4) is 11.5 Å². The van der Waals surface area contributed by atoms with Crippen molar-refractivity contribution in [2.75, 3.05) is 18.5 Å². The highest BCUT2D eigenvalue weighted by Crippen LogP contribution is 2.35. The first-order valence-corrected chi connectivity index (χ1v) is 12.2. The van der Waals surface area contributed by atoms with E-state index in [4.69, 9.17) is 9.47 Å². The molecule has 1 unspecified atom stereocenters. The summed E-state index contributed by atoms with van der Waals surface area (Å²) in [4.78, 5) is 37.9. The highest BCUT2D eigenvalue weighted by atomic mass is 16.5. The van der Waals surface area contributed by atoms with E-state index < -0.39 is 0 Å². The number of aryl methyl sites for hydroxylation is 1. The molecule has 0 amide bonds. The van der Waals surface area contributed by atoms with Crippen molar-refractivity contribution in [2.24, 2.45) is 0 Å². The molecule has 8 heteroatoms. The van der Waals surface area contributed by atoms with E-state index in [1.807, 2.05) is 25.1 Å². The standard InChI is InChI=1S/C28H26N4O4/c1-16-3-6-18(7-4-16)19-12-20-21(22(33)13-19)15-29-26-25(20)27(34)32-28(31-26)30-14-17-5-8-23-24(11-17)36-10-2-9-35-23/h3-8,11,15,19H,2,9-10,12-14H2,1H3,(H2,29,30,31,32,34). The molecule has 0 fully saturated rings. The summed E-state index contributed by atoms with van der Waals surface area (Å²) in [6.45, 7) is 3.73. The molecule has 0 spiro atoms. The number of benzene rings is 2. The predicted octanol–water partition coefficient (Wildman–Crippen LogP) is 4.31. The molecule has 0 bridgehead atoms. The van der Waals surface area contributed by atoms with E-state index in [1.54, 1.807) is 6.20 Å². The predicted molar refractivity (Wildman–Crippen MR) is 136 cm³/mol. The number of nitrogens with one attached hydrogen (secondary N) is 2. The number of hydrogen-bond donors (Lipinski definition) is 2. The highest BCUT2D eigenvalue weighted by Gasteiger charge is 2.29. The minimum Gasteiger partial charge on any atom is -0.490 e. The molecule has 3 heterocycles. The first-order chi connectivity index (χ1) is 17.5. The molecule has 36 heavy (non-hydrogen) atoms. The summed E-state index contributed by atoms with van der Waals surface area (Å²) in [7, 11) is 0. The average molecular weight is 483 g/mol. The molecule has 1 aliphatic carbocycles. The van der Waals surface area contributed by atoms with Gasteiger partial charge in [0, 0.05) is 31.1 Å². The van der Waals surface area contributed by atoms with E-state index in [0.717, 1.165) is 28.9 Å². The Morgan fingerprint density at radius 3 is 2.67 bits per heavy atom. The number of Topliss-reactive ketones (excluding diaryl/α,β-unsaturated/α-hetero) is 1. The average Bonchev–Trinajstić information content (AvgIpc) is 3.12. The zero-order valence-electron chi connectivity index (χ0n) is 20.0. The van der Waals surface area contributed by atoms with Crippen LogP contribution in [-0.2, 0) is 13.0 Å². The van der Waals surface area contributed by atoms with Crippen molar-refractivity contribution in [3.63, 3.8) is 0 Å². The molecule has 2 aromatic heterocycles. The Bertz CT molecular complexity index is 1530. The van der Waals surface area contributed by atoms with Gasteiger partial charge < -0.3 is 14.8 Å². The molecule has 1 aliphatic heterocycles. The van der Waals surface area contributed by atoms with Crippen molar-refractivity contribution in [1.29, 1.82) is 0 Å². The third kappa shape index (κ3) is 4.19. The fourth-order valence-corrected chi connectivity index (χ4v) is 4.93. The molecule has 0 radical (unpaired) electrons. The van der Waals surface area contributed by atoms with Crippen LogP contribution in [0.15, 0.2) is 53.5 Å². The monoisotopic (exact) mass is 482 g/mol. The largest absolute Gasteiger partial charge is 0.490 e. The minimum absolute atomic E-state index is 0.00670. The fourth-order valence-electron chi connectivity index (χ4n) is 4.93. The lowest BCUT2D eigenvalue weighted by atomic mass is 9.79. The summed E-state index contributed by atoms with van der Waals surface area (Å²) >= 11 is 0. The van der Waals surface area contributed by atoms with Crippen LogP contribution in [0.2, 0.25) is 0 Å². The second kappa shape index (κ2) is 9.11. The van der Waals surface area contributed by atoms with Crippen LogP contribution < -0.4 is 20.3 Å². The Hall–Kier alpha value is -4.20. The lowest BCUT2D eigenvalue weighted by Crippen LogP contribution is -2.23. The summed E-state index contributed by atoms with van der Waals surface area (Å²) in [5.41, 5.74) is 4.51. The molecule has 182 valence electrons. The molecule has 0 saturated carbocycles. The second-order valence-corrected chi connectivity index (χ2v) is 9.39. The number of ether oxygens (including phenoxy) is 2. The van der Waals surface area contributed by atoms with Crippen molar-refractivity contribution in [1.82, 2.24) is 15.0 Å². The van der Waals surface area contributed by atoms with Gasteiger partial charge in [0.2, 0.25) is 5.95 Å². The van der Waals surface area contributed by atoms with E-state index >= 15 is 0 Å². The summed E-state index contributed by atoms with van der Waals surface area (Å²) in [6, 6.07) is 14.0. The molecular formula is C28H26N4O4. The van der Waals surface area contributed by atoms with Crippen LogP contribution in [0.25, 0.3) is 11.0 Å². The minimum atomic E-state index is -0.303. The van der Waals surface area contributed by atoms with E-state index in [-0.39, 0.29) is 17.3 Å². The maximum atomic E-state index is 13.2. The highest BCUT2D eigenvalue weighted by molar-refractivity contribution is 6.02. The Morgan fingerprint density at radius 2 is 1.83 bits per heavy atom. The maximum absolute atomic E-state index is 13.2. The topological polar surface area (TPSA) is 106 Å². The molecule has 1 atom stereocenters. The molecule has 0 saturated heterocycles. The third-order valence-corrected chi connectivity index (χ3v) is 6.85. The van der Waals surface area contributed by atoms with Crippen LogP contribution in [-0.4, -0.2) is 33.9 Å². The smallest absolute Gasteiger partial charge is 0.262 e. The van der Waals surface area contributed by atoms with Crippen LogP contribution in [0.1, 0.15) is 51.4 Å². The number of anilines is 1. The Kier molecular flexibility index (Phi) is 5.64. The number of hydrogen-bond acceptors (Lipinski definition) is 7. The quantitative estimate of drug-likeness (QED) is 0.446. The Balaban J connectivity index is 1.28. The van der Waals surface area contributed by atoms with Gasteiger partial charge in [0.1, 0.15) is 0 Å². The normalized spacial score (nSPS) is 16.9. The summed E-state index contributed by atoms with van der Waals surface area (Å²) in [6.07, 6.45) is 3.41. The van der Waals surface area contributed by atoms with E-state index in [9.17, 15) is 9.59 Å². The van der Waals surface area contributed by atoms with E-state index in [0.29, 0.717) is 60.9 Å². The van der Waals surface area contributed by atoms with Crippen molar-refractivity contribution in [3.05, 3.63) is 86.8 Å². The second-order valence-electron chi connectivity index (χ2n) is 9.39. The van der Waals surface area contributed by atoms with Crippen LogP contribution in [0, 0.1) is 6.92 Å². The van der Waals surface area contributed by atoms with Crippen LogP contribution in [0.3, 0.4) is 0 Å². The number of pyridine rings is 1. The number of carbonyl (C=O) groups excluding carboxylic acids is 1. The summed E-state index contributed by atoms with van der Waals surface area (Å²) in [5, 5.41) is 3.56. The van der Waals surface area contributed by atoms with Crippen molar-refractivity contribution in [2.45, 2.75) is 38.6 Å². The molecule has 2 aromatic carbocycles. The van der Waals surface area contributed by atoms with Gasteiger partial charge in [-0.2, -0.15) is 4.98 Å². The van der Waals surface area contributed by atoms with Crippen LogP contribution >= 0.6 is 0 Å². The van der Waals surface area contributed by atoms with Gasteiger partial charge in [0.05, 0.1) is 18.6 Å². The van der Waals surface area contributed by atoms with Gasteiger partial charge >= 0.3 is 0 Å². The van der Waals surface area contributed by atoms with Gasteiger partial charge in [-0.15, -0.1) is 0 Å². The fraction of sp³-hybridized carbons (Fsp3) is 0.286. The first-order valence-electron chi connectivity index (χ1n) is 12.2. The Morgan fingerprint density at radius 1 is 1.03 bits per heavy atom. The number of fused-ring (bicyclic) bond motifs is 4. The molecular weight excluding hydrogens is 456 g/mol. The lowest BCUT2D eigenvalue weighted by molar-refractivity contribution is 0.0964. The zero-order chi connectivity index (χ0) is 24.6. The van der Waals surface area contributed by atoms with Gasteiger partial charge in [-0.25, -0.2) is 4.98 Å². The Labute approximate surface area is 207 Å². The number of H-pyrrole nitrogens is 1. The summed E-state index contributed by atoms with van der Waals surface area (Å²) in [5.74, 6) is 1.80. The van der Waals surface area contributed by atoms with Gasteiger partial charge in [-0.05, 0) is 48.1 Å². The molecule has 2 N–H and O–H groups in total. The van der Waals surface area contributed by atoms with Gasteiger partial charge in [0.25, 0.3) is 5.56 Å². The third-order valence-electron chi connectivity index (χ3n) is 6.85. The number of ketones is 1. The van der Waals surface area contributed by atoms with E-state index in [1.165, 1.54) is 5.56 Å².